The number of aromatic nitrogens is 2. The summed E-state index contributed by atoms with van der Waals surface area (Å²) >= 11 is 0. The topological polar surface area (TPSA) is 82.2 Å². The predicted octanol–water partition coefficient (Wildman–Crippen LogP) is -0.456. The van der Waals surface area contributed by atoms with Crippen LogP contribution in [0.1, 0.15) is 18.7 Å². The van der Waals surface area contributed by atoms with Crippen molar-refractivity contribution in [3.8, 4) is 0 Å². The number of nitrogens with one attached hydrogen (secondary N) is 1. The van der Waals surface area contributed by atoms with E-state index >= 15 is 0 Å². The molecule has 1 aromatic rings. The molecule has 94 valence electrons. The highest BCUT2D eigenvalue weighted by atomic mass is 16.5. The van der Waals surface area contributed by atoms with Gasteiger partial charge < -0.3 is 20.4 Å². The Morgan fingerprint density at radius 2 is 2.35 bits per heavy atom. The largest absolute Gasteiger partial charge is 0.381 e. The Morgan fingerprint density at radius 1 is 1.65 bits per heavy atom. The molecule has 2 heterocycles. The van der Waals surface area contributed by atoms with Crippen molar-refractivity contribution in [1.29, 1.82) is 0 Å². The van der Waals surface area contributed by atoms with Gasteiger partial charge in [-0.2, -0.15) is 0 Å². The number of hydrogen-bond donors (Lipinski definition) is 2. The van der Waals surface area contributed by atoms with Crippen molar-refractivity contribution in [1.82, 2.24) is 14.9 Å². The lowest BCUT2D eigenvalue weighted by molar-refractivity contribution is -0.129. The van der Waals surface area contributed by atoms with Crippen LogP contribution in [0, 0.1) is 0 Å². The number of rotatable bonds is 3. The minimum atomic E-state index is -0.788. The third kappa shape index (κ3) is 2.65. The van der Waals surface area contributed by atoms with Gasteiger partial charge in [0, 0.05) is 32.7 Å². The molecule has 0 radical (unpaired) electrons. The Kier molecular flexibility index (Phi) is 3.44. The zero-order valence-electron chi connectivity index (χ0n) is 9.98. The summed E-state index contributed by atoms with van der Waals surface area (Å²) in [4.78, 5) is 16.1. The Bertz CT molecular complexity index is 396. The van der Waals surface area contributed by atoms with E-state index in [1.165, 1.54) is 0 Å². The third-order valence-electron chi connectivity index (χ3n) is 3.17. The van der Waals surface area contributed by atoms with Crippen LogP contribution in [-0.4, -0.2) is 34.2 Å². The fourth-order valence-electron chi connectivity index (χ4n) is 1.86. The first-order chi connectivity index (χ1) is 8.12. The van der Waals surface area contributed by atoms with Crippen molar-refractivity contribution in [2.45, 2.75) is 24.9 Å². The van der Waals surface area contributed by atoms with Crippen molar-refractivity contribution in [3.05, 3.63) is 18.2 Å². The van der Waals surface area contributed by atoms with Crippen molar-refractivity contribution in [2.24, 2.45) is 12.8 Å². The van der Waals surface area contributed by atoms with Gasteiger partial charge in [0.25, 0.3) is 0 Å². The highest BCUT2D eigenvalue weighted by Gasteiger charge is 2.35. The SMILES string of the molecule is Cn1ccnc1CNC(=O)C1(N)CCOCC1. The molecule has 1 saturated heterocycles. The van der Waals surface area contributed by atoms with Gasteiger partial charge in [0.2, 0.25) is 5.91 Å². The molecule has 6 heteroatoms. The van der Waals surface area contributed by atoms with Gasteiger partial charge in [0.15, 0.2) is 0 Å². The fourth-order valence-corrected chi connectivity index (χ4v) is 1.86. The summed E-state index contributed by atoms with van der Waals surface area (Å²) in [6.45, 7) is 1.50. The maximum atomic E-state index is 12.0. The number of nitrogens with zero attached hydrogens (tertiary/aromatic N) is 2. The van der Waals surface area contributed by atoms with Crippen LogP contribution in [0.3, 0.4) is 0 Å². The maximum Gasteiger partial charge on any atom is 0.240 e. The number of carbonyl (C=O) groups excluding carboxylic acids is 1. The molecule has 3 N–H and O–H groups in total. The number of aryl methyl sites for hydroxylation is 1. The second kappa shape index (κ2) is 4.85. The van der Waals surface area contributed by atoms with Gasteiger partial charge in [-0.3, -0.25) is 4.79 Å². The van der Waals surface area contributed by atoms with Gasteiger partial charge in [-0.05, 0) is 12.8 Å². The summed E-state index contributed by atoms with van der Waals surface area (Å²) in [5.74, 6) is 0.692. The number of carbonyl (C=O) groups is 1. The molecule has 2 rings (SSSR count). The lowest BCUT2D eigenvalue weighted by atomic mass is 9.90. The number of ether oxygens (including phenoxy) is 1. The molecule has 0 spiro atoms. The van der Waals surface area contributed by atoms with Gasteiger partial charge in [-0.25, -0.2) is 4.98 Å². The zero-order valence-corrected chi connectivity index (χ0v) is 9.98. The monoisotopic (exact) mass is 238 g/mol. The van der Waals surface area contributed by atoms with Crippen LogP contribution in [0.2, 0.25) is 0 Å². The van der Waals surface area contributed by atoms with E-state index in [1.54, 1.807) is 6.20 Å². The molecule has 0 atom stereocenters. The maximum absolute atomic E-state index is 12.0. The van der Waals surface area contributed by atoms with Crippen molar-refractivity contribution in [3.63, 3.8) is 0 Å². The molecule has 0 bridgehead atoms. The highest BCUT2D eigenvalue weighted by molar-refractivity contribution is 5.86. The minimum absolute atomic E-state index is 0.121. The van der Waals surface area contributed by atoms with E-state index in [0.29, 0.717) is 32.6 Å². The van der Waals surface area contributed by atoms with Crippen LogP contribution in [0.25, 0.3) is 0 Å². The lowest BCUT2D eigenvalue weighted by Gasteiger charge is -2.31. The van der Waals surface area contributed by atoms with Crippen molar-refractivity contribution < 1.29 is 9.53 Å². The van der Waals surface area contributed by atoms with E-state index < -0.39 is 5.54 Å². The van der Waals surface area contributed by atoms with Gasteiger partial charge in [0.1, 0.15) is 5.82 Å². The number of amides is 1. The van der Waals surface area contributed by atoms with E-state index in [1.807, 2.05) is 17.8 Å². The molecule has 1 fully saturated rings. The first-order valence-corrected chi connectivity index (χ1v) is 5.73. The molecule has 0 unspecified atom stereocenters. The average Bonchev–Trinajstić information content (AvgIpc) is 2.73. The summed E-state index contributed by atoms with van der Waals surface area (Å²) in [5, 5.41) is 2.83. The molecular weight excluding hydrogens is 220 g/mol. The second-order valence-corrected chi connectivity index (χ2v) is 4.41. The molecule has 0 aliphatic carbocycles. The normalized spacial score (nSPS) is 18.9. The standard InChI is InChI=1S/C11H18N4O2/c1-15-5-4-13-9(15)8-14-10(16)11(12)2-6-17-7-3-11/h4-5H,2-3,6-8,12H2,1H3,(H,14,16). The molecule has 1 aromatic heterocycles. The first-order valence-electron chi connectivity index (χ1n) is 5.73. The van der Waals surface area contributed by atoms with Gasteiger partial charge >= 0.3 is 0 Å². The molecule has 17 heavy (non-hydrogen) atoms. The Labute approximate surface area is 100 Å². The zero-order chi connectivity index (χ0) is 12.3. The number of imidazole rings is 1. The molecule has 0 saturated carbocycles. The van der Waals surface area contributed by atoms with Gasteiger partial charge in [0.05, 0.1) is 12.1 Å². The average molecular weight is 238 g/mol. The minimum Gasteiger partial charge on any atom is -0.381 e. The summed E-state index contributed by atoms with van der Waals surface area (Å²) in [7, 11) is 1.89. The Balaban J connectivity index is 1.91. The van der Waals surface area contributed by atoms with E-state index in [0.717, 1.165) is 5.82 Å². The number of nitrogens with two attached hydrogens (primary N) is 1. The van der Waals surface area contributed by atoms with Crippen molar-refractivity contribution in [2.75, 3.05) is 13.2 Å². The molecule has 6 nitrogen and oxygen atoms in total. The van der Waals surface area contributed by atoms with E-state index in [4.69, 9.17) is 10.5 Å². The smallest absolute Gasteiger partial charge is 0.240 e. The summed E-state index contributed by atoms with van der Waals surface area (Å²) in [5.41, 5.74) is 5.27. The van der Waals surface area contributed by atoms with Crippen LogP contribution in [0.5, 0.6) is 0 Å². The van der Waals surface area contributed by atoms with Crippen LogP contribution in [0.4, 0.5) is 0 Å². The van der Waals surface area contributed by atoms with E-state index in [9.17, 15) is 4.79 Å². The molecule has 1 aliphatic heterocycles. The summed E-state index contributed by atoms with van der Waals surface area (Å²) in [6.07, 6.45) is 4.68. The highest BCUT2D eigenvalue weighted by Crippen LogP contribution is 2.17. The van der Waals surface area contributed by atoms with E-state index in [2.05, 4.69) is 10.3 Å². The van der Waals surface area contributed by atoms with E-state index in [-0.39, 0.29) is 5.91 Å². The predicted molar refractivity (Wildman–Crippen MR) is 62.0 cm³/mol. The molecule has 1 aliphatic rings. The van der Waals surface area contributed by atoms with Crippen molar-refractivity contribution >= 4 is 5.91 Å². The quantitative estimate of drug-likeness (QED) is 0.747. The lowest BCUT2D eigenvalue weighted by Crippen LogP contribution is -2.56. The Hall–Kier alpha value is -1.40. The fraction of sp³-hybridized carbons (Fsp3) is 0.636. The molecular formula is C11H18N4O2. The second-order valence-electron chi connectivity index (χ2n) is 4.41. The van der Waals surface area contributed by atoms with Crippen LogP contribution in [-0.2, 0) is 23.1 Å². The summed E-state index contributed by atoms with van der Waals surface area (Å²) in [6, 6.07) is 0. The van der Waals surface area contributed by atoms with Crippen LogP contribution in [0.15, 0.2) is 12.4 Å². The van der Waals surface area contributed by atoms with Gasteiger partial charge in [-0.15, -0.1) is 0 Å². The molecule has 1 amide bonds. The first kappa shape index (κ1) is 12.1. The number of hydrogen-bond acceptors (Lipinski definition) is 4. The summed E-state index contributed by atoms with van der Waals surface area (Å²) < 4.78 is 7.08. The third-order valence-corrected chi connectivity index (χ3v) is 3.17. The van der Waals surface area contributed by atoms with Gasteiger partial charge in [-0.1, -0.05) is 0 Å². The van der Waals surface area contributed by atoms with Crippen LogP contribution >= 0.6 is 0 Å². The van der Waals surface area contributed by atoms with Crippen LogP contribution < -0.4 is 11.1 Å². The molecule has 0 aromatic carbocycles. The Morgan fingerprint density at radius 3 is 2.94 bits per heavy atom.